The Labute approximate surface area is 119 Å². The van der Waals surface area contributed by atoms with E-state index in [1.165, 1.54) is 13.8 Å². The number of alkyl halides is 2. The van der Waals surface area contributed by atoms with Crippen LogP contribution in [0.25, 0.3) is 0 Å². The Morgan fingerprint density at radius 2 is 2.00 bits per heavy atom. The lowest BCUT2D eigenvalue weighted by atomic mass is 9.95. The molecule has 0 unspecified atom stereocenters. The number of carboxylic acids is 1. The molecule has 1 aromatic carbocycles. The number of esters is 1. The van der Waals surface area contributed by atoms with Crippen molar-refractivity contribution in [3.63, 3.8) is 0 Å². The summed E-state index contributed by atoms with van der Waals surface area (Å²) in [7, 11) is 0. The smallest absolute Gasteiger partial charge is 0.379 e. The zero-order valence-electron chi connectivity index (χ0n) is 11.4. The van der Waals surface area contributed by atoms with Gasteiger partial charge in [-0.05, 0) is 25.5 Å². The second-order valence-corrected chi connectivity index (χ2v) is 4.38. The fourth-order valence-corrected chi connectivity index (χ4v) is 1.76. The third-order valence-corrected chi connectivity index (χ3v) is 2.79. The van der Waals surface area contributed by atoms with Crippen LogP contribution in [0.4, 0.5) is 8.78 Å². The molecule has 0 aromatic heterocycles. The van der Waals surface area contributed by atoms with E-state index in [-0.39, 0.29) is 6.61 Å². The van der Waals surface area contributed by atoms with Crippen molar-refractivity contribution in [2.75, 3.05) is 6.61 Å². The molecular weight excluding hydrogens is 288 g/mol. The molecule has 0 saturated heterocycles. The number of carbonyl (C=O) groups is 2. The predicted octanol–water partition coefficient (Wildman–Crippen LogP) is 1.60. The zero-order valence-corrected chi connectivity index (χ0v) is 11.4. The Bertz CT molecular complexity index is 574. The maximum Gasteiger partial charge on any atom is 0.379 e. The van der Waals surface area contributed by atoms with E-state index in [4.69, 9.17) is 10.8 Å². The Morgan fingerprint density at radius 1 is 1.43 bits per heavy atom. The van der Waals surface area contributed by atoms with Crippen molar-refractivity contribution in [3.05, 3.63) is 28.8 Å². The molecule has 0 spiro atoms. The predicted molar refractivity (Wildman–Crippen MR) is 68.3 cm³/mol. The summed E-state index contributed by atoms with van der Waals surface area (Å²) in [5, 5.41) is 18.7. The first kappa shape index (κ1) is 16.8. The minimum absolute atomic E-state index is 0.263. The molecule has 1 atom stereocenters. The van der Waals surface area contributed by atoms with Gasteiger partial charge in [-0.3, -0.25) is 0 Å². The van der Waals surface area contributed by atoms with E-state index in [2.05, 4.69) is 4.74 Å². The highest BCUT2D eigenvalue weighted by Crippen LogP contribution is 2.37. The molecular formula is C13H15F2NO5. The molecule has 0 heterocycles. The molecule has 0 aliphatic heterocycles. The molecule has 0 aliphatic rings. The number of phenols is 1. The number of halogens is 2. The Balaban J connectivity index is 3.33. The van der Waals surface area contributed by atoms with E-state index in [0.29, 0.717) is 5.56 Å². The van der Waals surface area contributed by atoms with Gasteiger partial charge in [0, 0.05) is 5.56 Å². The fraction of sp³-hybridized carbons (Fsp3) is 0.385. The van der Waals surface area contributed by atoms with Gasteiger partial charge in [0.2, 0.25) is 0 Å². The maximum absolute atomic E-state index is 13.9. The molecule has 6 nitrogen and oxygen atoms in total. The summed E-state index contributed by atoms with van der Waals surface area (Å²) in [6.45, 7) is 2.54. The van der Waals surface area contributed by atoms with Crippen molar-refractivity contribution in [1.82, 2.24) is 0 Å². The van der Waals surface area contributed by atoms with Gasteiger partial charge in [-0.15, -0.1) is 0 Å². The molecule has 0 saturated carbocycles. The van der Waals surface area contributed by atoms with Crippen LogP contribution in [0, 0.1) is 6.92 Å². The molecule has 0 radical (unpaired) electrons. The van der Waals surface area contributed by atoms with E-state index in [1.54, 1.807) is 0 Å². The molecule has 116 valence electrons. The van der Waals surface area contributed by atoms with Crippen LogP contribution in [0.3, 0.4) is 0 Å². The van der Waals surface area contributed by atoms with Gasteiger partial charge >= 0.3 is 17.9 Å². The van der Waals surface area contributed by atoms with Crippen LogP contribution in [0.2, 0.25) is 0 Å². The van der Waals surface area contributed by atoms with Crippen LogP contribution >= 0.6 is 0 Å². The molecule has 8 heteroatoms. The van der Waals surface area contributed by atoms with Gasteiger partial charge < -0.3 is 20.7 Å². The summed E-state index contributed by atoms with van der Waals surface area (Å²) in [6.07, 6.45) is 0. The van der Waals surface area contributed by atoms with Gasteiger partial charge in [0.1, 0.15) is 17.4 Å². The van der Waals surface area contributed by atoms with E-state index >= 15 is 0 Å². The van der Waals surface area contributed by atoms with Crippen LogP contribution < -0.4 is 5.73 Å². The number of benzene rings is 1. The average molecular weight is 303 g/mol. The number of hydrogen-bond donors (Lipinski definition) is 3. The number of carboxylic acid groups (broad SMARTS) is 1. The molecule has 0 amide bonds. The summed E-state index contributed by atoms with van der Waals surface area (Å²) >= 11 is 0. The van der Waals surface area contributed by atoms with Crippen LogP contribution in [-0.4, -0.2) is 34.7 Å². The van der Waals surface area contributed by atoms with Crippen molar-refractivity contribution < 1.29 is 33.3 Å². The lowest BCUT2D eigenvalue weighted by molar-refractivity contribution is -0.174. The van der Waals surface area contributed by atoms with Gasteiger partial charge in [0.25, 0.3) is 0 Å². The van der Waals surface area contributed by atoms with Crippen molar-refractivity contribution in [3.8, 4) is 5.75 Å². The number of aryl methyl sites for hydroxylation is 1. The van der Waals surface area contributed by atoms with Gasteiger partial charge in [0.05, 0.1) is 6.61 Å². The van der Waals surface area contributed by atoms with Crippen LogP contribution in [0.5, 0.6) is 5.75 Å². The summed E-state index contributed by atoms with van der Waals surface area (Å²) in [5.41, 5.74) is 4.53. The SMILES string of the molecule is CCOC(=O)C(F)(F)[C@@H](N)c1cc(C)cc(C(=O)O)c1O. The van der Waals surface area contributed by atoms with E-state index in [9.17, 15) is 23.5 Å². The lowest BCUT2D eigenvalue weighted by Crippen LogP contribution is -2.41. The van der Waals surface area contributed by atoms with Crippen LogP contribution in [0.1, 0.15) is 34.5 Å². The molecule has 0 bridgehead atoms. The monoisotopic (exact) mass is 303 g/mol. The first-order valence-electron chi connectivity index (χ1n) is 6.00. The van der Waals surface area contributed by atoms with Gasteiger partial charge in [-0.25, -0.2) is 9.59 Å². The highest BCUT2D eigenvalue weighted by molar-refractivity contribution is 5.92. The molecule has 1 aromatic rings. The maximum atomic E-state index is 13.9. The van der Waals surface area contributed by atoms with Crippen molar-refractivity contribution in [2.45, 2.75) is 25.8 Å². The summed E-state index contributed by atoms with van der Waals surface area (Å²) in [5.74, 6) is -8.33. The third kappa shape index (κ3) is 3.27. The Hall–Kier alpha value is -2.22. The summed E-state index contributed by atoms with van der Waals surface area (Å²) in [4.78, 5) is 22.2. The third-order valence-electron chi connectivity index (χ3n) is 2.79. The molecule has 4 N–H and O–H groups in total. The van der Waals surface area contributed by atoms with E-state index < -0.39 is 40.8 Å². The van der Waals surface area contributed by atoms with E-state index in [0.717, 1.165) is 12.1 Å². The second kappa shape index (κ2) is 6.04. The van der Waals surface area contributed by atoms with Gasteiger partial charge in [-0.2, -0.15) is 8.78 Å². The van der Waals surface area contributed by atoms with Gasteiger partial charge in [0.15, 0.2) is 0 Å². The number of aromatic carboxylic acids is 1. The summed E-state index contributed by atoms with van der Waals surface area (Å²) < 4.78 is 32.0. The fourth-order valence-electron chi connectivity index (χ4n) is 1.76. The van der Waals surface area contributed by atoms with Crippen LogP contribution in [0.15, 0.2) is 12.1 Å². The molecule has 0 fully saturated rings. The topological polar surface area (TPSA) is 110 Å². The number of aromatic hydroxyl groups is 1. The van der Waals surface area contributed by atoms with Crippen molar-refractivity contribution >= 4 is 11.9 Å². The van der Waals surface area contributed by atoms with Crippen LogP contribution in [-0.2, 0) is 9.53 Å². The Morgan fingerprint density at radius 3 is 2.48 bits per heavy atom. The van der Waals surface area contributed by atoms with Gasteiger partial charge in [-0.1, -0.05) is 6.07 Å². The highest BCUT2D eigenvalue weighted by atomic mass is 19.3. The Kier molecular flexibility index (Phi) is 4.84. The minimum Gasteiger partial charge on any atom is -0.507 e. The second-order valence-electron chi connectivity index (χ2n) is 4.38. The number of carbonyl (C=O) groups excluding carboxylic acids is 1. The number of nitrogens with two attached hydrogens (primary N) is 1. The summed E-state index contributed by atoms with van der Waals surface area (Å²) in [6, 6.07) is -0.0229. The van der Waals surface area contributed by atoms with Crippen molar-refractivity contribution in [2.24, 2.45) is 5.73 Å². The molecule has 21 heavy (non-hydrogen) atoms. The normalized spacial score (nSPS) is 12.8. The first-order chi connectivity index (χ1) is 9.62. The lowest BCUT2D eigenvalue weighted by Gasteiger charge is -2.23. The van der Waals surface area contributed by atoms with Crippen molar-refractivity contribution in [1.29, 1.82) is 0 Å². The highest BCUT2D eigenvalue weighted by Gasteiger charge is 2.49. The molecule has 0 aliphatic carbocycles. The number of hydrogen-bond acceptors (Lipinski definition) is 5. The number of ether oxygens (including phenoxy) is 1. The minimum atomic E-state index is -4.10. The van der Waals surface area contributed by atoms with E-state index in [1.807, 2.05) is 0 Å². The number of rotatable bonds is 5. The largest absolute Gasteiger partial charge is 0.507 e. The first-order valence-corrected chi connectivity index (χ1v) is 6.00. The quantitative estimate of drug-likeness (QED) is 0.713. The standard InChI is InChI=1S/C13H15F2NO5/c1-3-21-12(20)13(14,15)10(16)7-4-6(2)5-8(9(7)17)11(18)19/h4-5,10,17H,3,16H2,1-2H3,(H,18,19)/t10-/m0/s1. The average Bonchev–Trinajstić information content (AvgIpc) is 2.40. The molecule has 1 rings (SSSR count). The zero-order chi connectivity index (χ0) is 16.4.